The molecule has 20 heavy (non-hydrogen) atoms. The number of nitrogens with zero attached hydrogens (tertiary/aromatic N) is 2. The Bertz CT molecular complexity index is 697. The largest absolute Gasteiger partial charge is 0.496 e. The van der Waals surface area contributed by atoms with Gasteiger partial charge in [0.05, 0.1) is 12.7 Å². The van der Waals surface area contributed by atoms with Crippen molar-refractivity contribution in [1.82, 2.24) is 9.97 Å². The van der Waals surface area contributed by atoms with Gasteiger partial charge in [-0.1, -0.05) is 11.6 Å². The van der Waals surface area contributed by atoms with Gasteiger partial charge in [-0.15, -0.1) is 0 Å². The highest BCUT2D eigenvalue weighted by molar-refractivity contribution is 6.31. The minimum Gasteiger partial charge on any atom is -0.496 e. The molecule has 0 saturated heterocycles. The molecule has 1 aromatic carbocycles. The lowest BCUT2D eigenvalue weighted by Gasteiger charge is -2.14. The van der Waals surface area contributed by atoms with Crippen molar-refractivity contribution < 1.29 is 4.74 Å². The average Bonchev–Trinajstić information content (AvgIpc) is 2.38. The number of halogens is 1. The summed E-state index contributed by atoms with van der Waals surface area (Å²) in [5.41, 5.74) is 6.32. The first-order valence-electron chi connectivity index (χ1n) is 5.85. The summed E-state index contributed by atoms with van der Waals surface area (Å²) in [5, 5.41) is 0.483. The molecule has 0 spiro atoms. The van der Waals surface area contributed by atoms with E-state index in [1.165, 1.54) is 7.11 Å². The summed E-state index contributed by atoms with van der Waals surface area (Å²) in [6.45, 7) is 0. The molecule has 1 aromatic heterocycles. The maximum atomic E-state index is 12.2. The topological polar surface area (TPSA) is 84.2 Å². The minimum atomic E-state index is -0.346. The zero-order chi connectivity index (χ0) is 14.9. The molecule has 7 heteroatoms. The highest BCUT2D eigenvalue weighted by Gasteiger charge is 2.16. The van der Waals surface area contributed by atoms with Crippen LogP contribution in [0.5, 0.6) is 5.75 Å². The molecule has 0 atom stereocenters. The van der Waals surface area contributed by atoms with Gasteiger partial charge >= 0.3 is 0 Å². The SMILES string of the molecule is COc1ccc(Cl)cc1-c1c(N)nc(N(C)C)[nH]c1=O. The predicted molar refractivity (Wildman–Crippen MR) is 80.6 cm³/mol. The van der Waals surface area contributed by atoms with Crippen molar-refractivity contribution in [3.05, 3.63) is 33.6 Å². The number of methoxy groups -OCH3 is 1. The van der Waals surface area contributed by atoms with E-state index < -0.39 is 0 Å². The number of benzene rings is 1. The number of aromatic nitrogens is 2. The maximum Gasteiger partial charge on any atom is 0.262 e. The zero-order valence-electron chi connectivity index (χ0n) is 11.4. The van der Waals surface area contributed by atoms with Gasteiger partial charge < -0.3 is 15.4 Å². The molecule has 0 unspecified atom stereocenters. The van der Waals surface area contributed by atoms with E-state index in [0.29, 0.717) is 22.3 Å². The Kier molecular flexibility index (Phi) is 3.85. The Morgan fingerprint density at radius 3 is 2.65 bits per heavy atom. The van der Waals surface area contributed by atoms with Crippen molar-refractivity contribution in [1.29, 1.82) is 0 Å². The Labute approximate surface area is 121 Å². The molecule has 106 valence electrons. The highest BCUT2D eigenvalue weighted by atomic mass is 35.5. The Hall–Kier alpha value is -2.21. The molecule has 2 rings (SSSR count). The molecule has 0 saturated carbocycles. The Morgan fingerprint density at radius 2 is 2.10 bits per heavy atom. The van der Waals surface area contributed by atoms with Gasteiger partial charge in [-0.3, -0.25) is 9.78 Å². The Balaban J connectivity index is 2.71. The molecular weight excluding hydrogens is 280 g/mol. The van der Waals surface area contributed by atoms with Crippen LogP contribution in [-0.4, -0.2) is 31.2 Å². The normalized spacial score (nSPS) is 10.4. The molecule has 6 nitrogen and oxygen atoms in total. The molecule has 0 aliphatic carbocycles. The number of anilines is 2. The number of nitrogens with one attached hydrogen (secondary N) is 1. The summed E-state index contributed by atoms with van der Waals surface area (Å²) in [4.78, 5) is 20.7. The monoisotopic (exact) mass is 294 g/mol. The van der Waals surface area contributed by atoms with E-state index >= 15 is 0 Å². The number of nitrogens with two attached hydrogens (primary N) is 1. The molecule has 0 fully saturated rings. The molecule has 2 aromatic rings. The quantitative estimate of drug-likeness (QED) is 0.901. The minimum absolute atomic E-state index is 0.123. The van der Waals surface area contributed by atoms with Crippen LogP contribution in [0.1, 0.15) is 0 Å². The zero-order valence-corrected chi connectivity index (χ0v) is 12.2. The van der Waals surface area contributed by atoms with Crippen LogP contribution in [0.2, 0.25) is 5.02 Å². The van der Waals surface area contributed by atoms with Crippen molar-refractivity contribution >= 4 is 23.4 Å². The summed E-state index contributed by atoms with van der Waals surface area (Å²) >= 11 is 5.97. The molecule has 3 N–H and O–H groups in total. The third kappa shape index (κ3) is 2.55. The van der Waals surface area contributed by atoms with Gasteiger partial charge in [-0.05, 0) is 18.2 Å². The van der Waals surface area contributed by atoms with Gasteiger partial charge in [0, 0.05) is 24.7 Å². The molecule has 0 amide bonds. The molecule has 0 aliphatic heterocycles. The average molecular weight is 295 g/mol. The fourth-order valence-corrected chi connectivity index (χ4v) is 2.00. The number of H-pyrrole nitrogens is 1. The first kappa shape index (κ1) is 14.2. The molecular formula is C13H15ClN4O2. The van der Waals surface area contributed by atoms with Gasteiger partial charge in [0.1, 0.15) is 11.6 Å². The van der Waals surface area contributed by atoms with Gasteiger partial charge in [0.25, 0.3) is 5.56 Å². The fourth-order valence-electron chi connectivity index (χ4n) is 1.83. The predicted octanol–water partition coefficient (Wildman–Crippen LogP) is 1.75. The molecule has 0 bridgehead atoms. The van der Waals surface area contributed by atoms with Crippen molar-refractivity contribution in [2.24, 2.45) is 0 Å². The molecule has 0 radical (unpaired) electrons. The lowest BCUT2D eigenvalue weighted by molar-refractivity contribution is 0.416. The molecule has 1 heterocycles. The van der Waals surface area contributed by atoms with Crippen molar-refractivity contribution in [3.8, 4) is 16.9 Å². The van der Waals surface area contributed by atoms with Crippen LogP contribution in [0, 0.1) is 0 Å². The van der Waals surface area contributed by atoms with Gasteiger partial charge in [0.2, 0.25) is 5.95 Å². The second-order valence-corrected chi connectivity index (χ2v) is 4.83. The van der Waals surface area contributed by atoms with Crippen LogP contribution < -0.4 is 20.9 Å². The standard InChI is InChI=1S/C13H15ClN4O2/c1-18(2)13-16-11(15)10(12(19)17-13)8-6-7(14)4-5-9(8)20-3/h4-6H,1-3H3,(H3,15,16,17,19). The molecule has 0 aliphatic rings. The van der Waals surface area contributed by atoms with Gasteiger partial charge in [0.15, 0.2) is 0 Å². The van der Waals surface area contributed by atoms with Crippen LogP contribution in [0.3, 0.4) is 0 Å². The second-order valence-electron chi connectivity index (χ2n) is 4.39. The summed E-state index contributed by atoms with van der Waals surface area (Å²) < 4.78 is 5.24. The lowest BCUT2D eigenvalue weighted by atomic mass is 10.1. The van der Waals surface area contributed by atoms with E-state index in [1.807, 2.05) is 0 Å². The number of rotatable bonds is 3. The third-order valence-electron chi connectivity index (χ3n) is 2.79. The summed E-state index contributed by atoms with van der Waals surface area (Å²) in [6, 6.07) is 4.98. The van der Waals surface area contributed by atoms with Crippen LogP contribution in [-0.2, 0) is 0 Å². The summed E-state index contributed by atoms with van der Waals surface area (Å²) in [6.07, 6.45) is 0. The van der Waals surface area contributed by atoms with E-state index in [9.17, 15) is 4.79 Å². The van der Waals surface area contributed by atoms with Crippen molar-refractivity contribution in [2.75, 3.05) is 31.8 Å². The summed E-state index contributed by atoms with van der Waals surface area (Å²) in [7, 11) is 5.04. The van der Waals surface area contributed by atoms with E-state index in [0.717, 1.165) is 0 Å². The van der Waals surface area contributed by atoms with Gasteiger partial charge in [-0.2, -0.15) is 4.98 Å². The van der Waals surface area contributed by atoms with Crippen LogP contribution in [0.4, 0.5) is 11.8 Å². The second kappa shape index (κ2) is 5.42. The smallest absolute Gasteiger partial charge is 0.262 e. The number of ether oxygens (including phenoxy) is 1. The van der Waals surface area contributed by atoms with Crippen molar-refractivity contribution in [2.45, 2.75) is 0 Å². The lowest BCUT2D eigenvalue weighted by Crippen LogP contribution is -2.21. The van der Waals surface area contributed by atoms with E-state index in [1.54, 1.807) is 37.2 Å². The first-order chi connectivity index (χ1) is 9.43. The van der Waals surface area contributed by atoms with E-state index in [2.05, 4.69) is 9.97 Å². The number of nitrogen functional groups attached to an aromatic ring is 1. The third-order valence-corrected chi connectivity index (χ3v) is 3.02. The first-order valence-corrected chi connectivity index (χ1v) is 6.23. The number of hydrogen-bond acceptors (Lipinski definition) is 5. The van der Waals surface area contributed by atoms with Crippen LogP contribution >= 0.6 is 11.6 Å². The highest BCUT2D eigenvalue weighted by Crippen LogP contribution is 2.33. The van der Waals surface area contributed by atoms with Crippen LogP contribution in [0.15, 0.2) is 23.0 Å². The van der Waals surface area contributed by atoms with Crippen molar-refractivity contribution in [3.63, 3.8) is 0 Å². The number of hydrogen-bond donors (Lipinski definition) is 2. The van der Waals surface area contributed by atoms with E-state index in [4.69, 9.17) is 22.1 Å². The van der Waals surface area contributed by atoms with Gasteiger partial charge in [-0.25, -0.2) is 0 Å². The fraction of sp³-hybridized carbons (Fsp3) is 0.231. The Morgan fingerprint density at radius 1 is 1.40 bits per heavy atom. The van der Waals surface area contributed by atoms with Crippen LogP contribution in [0.25, 0.3) is 11.1 Å². The van der Waals surface area contributed by atoms with E-state index in [-0.39, 0.29) is 16.9 Å². The summed E-state index contributed by atoms with van der Waals surface area (Å²) in [5.74, 6) is 1.02. The number of aromatic amines is 1. The maximum absolute atomic E-state index is 12.2.